The Morgan fingerprint density at radius 3 is 2.23 bits per heavy atom. The number of alkyl halides is 3. The molecule has 1 unspecified atom stereocenters. The Morgan fingerprint density at radius 1 is 1.03 bits per heavy atom. The van der Waals surface area contributed by atoms with Crippen LogP contribution in [0.2, 0.25) is 0 Å². The summed E-state index contributed by atoms with van der Waals surface area (Å²) in [5, 5.41) is 2.79. The summed E-state index contributed by atoms with van der Waals surface area (Å²) in [6.45, 7) is 3.01. The molecular formula is C24H25F3N2O2. The highest BCUT2D eigenvalue weighted by Crippen LogP contribution is 2.30. The zero-order chi connectivity index (χ0) is 22.4. The predicted molar refractivity (Wildman–Crippen MR) is 113 cm³/mol. The third kappa shape index (κ3) is 6.20. The van der Waals surface area contributed by atoms with Crippen molar-refractivity contribution in [3.63, 3.8) is 0 Å². The Morgan fingerprint density at radius 2 is 1.65 bits per heavy atom. The monoisotopic (exact) mass is 430 g/mol. The molecule has 1 N–H and O–H groups in total. The van der Waals surface area contributed by atoms with Gasteiger partial charge in [0.15, 0.2) is 0 Å². The van der Waals surface area contributed by atoms with E-state index >= 15 is 0 Å². The Hall–Kier alpha value is -3.09. The molecule has 1 aliphatic rings. The van der Waals surface area contributed by atoms with Crippen molar-refractivity contribution >= 4 is 17.4 Å². The van der Waals surface area contributed by atoms with Gasteiger partial charge in [0.2, 0.25) is 11.8 Å². The van der Waals surface area contributed by atoms with Gasteiger partial charge < -0.3 is 10.2 Å². The average molecular weight is 430 g/mol. The molecule has 2 aromatic carbocycles. The van der Waals surface area contributed by atoms with Gasteiger partial charge in [-0.1, -0.05) is 42.5 Å². The van der Waals surface area contributed by atoms with Crippen molar-refractivity contribution in [1.29, 1.82) is 0 Å². The van der Waals surface area contributed by atoms with Gasteiger partial charge >= 0.3 is 6.18 Å². The Kier molecular flexibility index (Phi) is 7.15. The molecule has 164 valence electrons. The van der Waals surface area contributed by atoms with Crippen molar-refractivity contribution in [1.82, 2.24) is 10.2 Å². The fourth-order valence-corrected chi connectivity index (χ4v) is 3.62. The summed E-state index contributed by atoms with van der Waals surface area (Å²) in [6.07, 6.45) is -0.823. The lowest BCUT2D eigenvalue weighted by Crippen LogP contribution is -2.48. The summed E-state index contributed by atoms with van der Waals surface area (Å²) in [6, 6.07) is 13.4. The molecule has 31 heavy (non-hydrogen) atoms. The first kappa shape index (κ1) is 22.6. The van der Waals surface area contributed by atoms with E-state index in [1.165, 1.54) is 18.2 Å². The molecule has 4 nitrogen and oxygen atoms in total. The number of amides is 2. The fraction of sp³-hybridized carbons (Fsp3) is 0.333. The van der Waals surface area contributed by atoms with Crippen molar-refractivity contribution in [2.45, 2.75) is 38.4 Å². The quantitative estimate of drug-likeness (QED) is 0.688. The van der Waals surface area contributed by atoms with E-state index < -0.39 is 23.7 Å². The highest BCUT2D eigenvalue weighted by Gasteiger charge is 2.30. The molecule has 2 amide bonds. The summed E-state index contributed by atoms with van der Waals surface area (Å²) >= 11 is 0. The summed E-state index contributed by atoms with van der Waals surface area (Å²) in [5.41, 5.74) is 1.21. The highest BCUT2D eigenvalue weighted by atomic mass is 19.4. The van der Waals surface area contributed by atoms with E-state index in [9.17, 15) is 22.8 Å². The number of carbonyl (C=O) groups excluding carboxylic acids is 2. The smallest absolute Gasteiger partial charge is 0.341 e. The first-order chi connectivity index (χ1) is 14.7. The number of allylic oxidation sites excluding steroid dienone is 1. The number of halogens is 3. The molecular weight excluding hydrogens is 405 g/mol. The van der Waals surface area contributed by atoms with Gasteiger partial charge in [-0.15, -0.1) is 0 Å². The minimum absolute atomic E-state index is 0.115. The number of rotatable bonds is 6. The van der Waals surface area contributed by atoms with Gasteiger partial charge in [0.05, 0.1) is 5.56 Å². The number of benzene rings is 2. The second-order valence-electron chi connectivity index (χ2n) is 7.69. The molecule has 3 rings (SSSR count). The van der Waals surface area contributed by atoms with Crippen LogP contribution in [0.25, 0.3) is 5.57 Å². The minimum atomic E-state index is -4.41. The van der Waals surface area contributed by atoms with E-state index in [0.29, 0.717) is 30.6 Å². The molecule has 0 radical (unpaired) electrons. The lowest BCUT2D eigenvalue weighted by atomic mass is 10.0. The maximum absolute atomic E-state index is 13.0. The topological polar surface area (TPSA) is 49.4 Å². The van der Waals surface area contributed by atoms with E-state index in [2.05, 4.69) is 5.32 Å². The standard InChI is InChI=1S/C24H25F3N2O2/c1-17(19-9-11-20(12-10-19)24(25,26)27)15-22(30)28-21(16-18-7-3-2-4-8-18)23(31)29-13-5-6-14-29/h2-4,7-12,15,21H,5-6,13-14,16H2,1H3,(H,28,30). The molecule has 0 aliphatic carbocycles. The molecule has 1 saturated heterocycles. The lowest BCUT2D eigenvalue weighted by Gasteiger charge is -2.24. The molecule has 1 fully saturated rings. The number of carbonyl (C=O) groups is 2. The largest absolute Gasteiger partial charge is 0.416 e. The Labute approximate surface area is 179 Å². The number of likely N-dealkylation sites (tertiary alicyclic amines) is 1. The van der Waals surface area contributed by atoms with Gasteiger partial charge in [0.25, 0.3) is 0 Å². The summed E-state index contributed by atoms with van der Waals surface area (Å²) in [7, 11) is 0. The SMILES string of the molecule is CC(=CC(=O)NC(Cc1ccccc1)C(=O)N1CCCC1)c1ccc(C(F)(F)F)cc1. The van der Waals surface area contributed by atoms with E-state index in [1.54, 1.807) is 11.8 Å². The van der Waals surface area contributed by atoms with Crippen molar-refractivity contribution < 1.29 is 22.8 Å². The van der Waals surface area contributed by atoms with Crippen molar-refractivity contribution in [3.8, 4) is 0 Å². The van der Waals surface area contributed by atoms with Crippen LogP contribution in [-0.2, 0) is 22.2 Å². The van der Waals surface area contributed by atoms with E-state index in [4.69, 9.17) is 0 Å². The number of hydrogen-bond donors (Lipinski definition) is 1. The molecule has 0 bridgehead atoms. The maximum Gasteiger partial charge on any atom is 0.416 e. The molecule has 0 aromatic heterocycles. The molecule has 0 saturated carbocycles. The summed E-state index contributed by atoms with van der Waals surface area (Å²) in [5.74, 6) is -0.568. The van der Waals surface area contributed by atoms with Crippen LogP contribution >= 0.6 is 0 Å². The van der Waals surface area contributed by atoms with E-state index in [-0.39, 0.29) is 5.91 Å². The van der Waals surface area contributed by atoms with Crippen LogP contribution < -0.4 is 5.32 Å². The maximum atomic E-state index is 13.0. The van der Waals surface area contributed by atoms with E-state index in [0.717, 1.165) is 30.5 Å². The average Bonchev–Trinajstić information content (AvgIpc) is 3.28. The summed E-state index contributed by atoms with van der Waals surface area (Å²) in [4.78, 5) is 27.4. The summed E-state index contributed by atoms with van der Waals surface area (Å²) < 4.78 is 38.2. The Bertz CT molecular complexity index is 932. The fourth-order valence-electron chi connectivity index (χ4n) is 3.62. The van der Waals surface area contributed by atoms with Gasteiger partial charge in [-0.25, -0.2) is 0 Å². The number of nitrogens with one attached hydrogen (secondary N) is 1. The molecule has 1 atom stereocenters. The van der Waals surface area contributed by atoms with Crippen LogP contribution in [0.4, 0.5) is 13.2 Å². The first-order valence-electron chi connectivity index (χ1n) is 10.2. The minimum Gasteiger partial charge on any atom is -0.341 e. The van der Waals surface area contributed by atoms with Gasteiger partial charge in [0, 0.05) is 25.6 Å². The Balaban J connectivity index is 1.73. The van der Waals surface area contributed by atoms with Crippen molar-refractivity contribution in [3.05, 3.63) is 77.4 Å². The van der Waals surface area contributed by atoms with Crippen molar-refractivity contribution in [2.75, 3.05) is 13.1 Å². The molecule has 2 aromatic rings. The van der Waals surface area contributed by atoms with Gasteiger partial charge in [-0.3, -0.25) is 9.59 Å². The number of hydrogen-bond acceptors (Lipinski definition) is 2. The normalized spacial score (nSPS) is 15.6. The van der Waals surface area contributed by atoms with Crippen LogP contribution in [0.5, 0.6) is 0 Å². The van der Waals surface area contributed by atoms with Crippen LogP contribution in [0.3, 0.4) is 0 Å². The van der Waals surface area contributed by atoms with Gasteiger partial charge in [-0.05, 0) is 48.6 Å². The third-order valence-electron chi connectivity index (χ3n) is 5.33. The zero-order valence-electron chi connectivity index (χ0n) is 17.3. The van der Waals surface area contributed by atoms with Crippen molar-refractivity contribution in [2.24, 2.45) is 0 Å². The van der Waals surface area contributed by atoms with Crippen LogP contribution in [0, 0.1) is 0 Å². The second-order valence-corrected chi connectivity index (χ2v) is 7.69. The molecule has 1 aliphatic heterocycles. The predicted octanol–water partition coefficient (Wildman–Crippen LogP) is 4.46. The van der Waals surface area contributed by atoms with Crippen LogP contribution in [-0.4, -0.2) is 35.8 Å². The third-order valence-corrected chi connectivity index (χ3v) is 5.33. The van der Waals surface area contributed by atoms with Gasteiger partial charge in [-0.2, -0.15) is 13.2 Å². The molecule has 0 spiro atoms. The van der Waals surface area contributed by atoms with E-state index in [1.807, 2.05) is 30.3 Å². The second kappa shape index (κ2) is 9.81. The van der Waals surface area contributed by atoms with Crippen LogP contribution in [0.1, 0.15) is 36.5 Å². The zero-order valence-corrected chi connectivity index (χ0v) is 17.3. The lowest BCUT2D eigenvalue weighted by molar-refractivity contribution is -0.137. The first-order valence-corrected chi connectivity index (χ1v) is 10.2. The molecule has 1 heterocycles. The highest BCUT2D eigenvalue weighted by molar-refractivity contribution is 5.97. The number of nitrogens with zero attached hydrogens (tertiary/aromatic N) is 1. The molecule has 7 heteroatoms. The van der Waals surface area contributed by atoms with Crippen LogP contribution in [0.15, 0.2) is 60.7 Å². The van der Waals surface area contributed by atoms with Gasteiger partial charge in [0.1, 0.15) is 6.04 Å².